The summed E-state index contributed by atoms with van der Waals surface area (Å²) >= 11 is 0. The van der Waals surface area contributed by atoms with Gasteiger partial charge in [-0.1, -0.05) is 30.3 Å². The third-order valence-electron chi connectivity index (χ3n) is 7.11. The first-order valence-corrected chi connectivity index (χ1v) is 11.6. The van der Waals surface area contributed by atoms with Gasteiger partial charge in [-0.2, -0.15) is 0 Å². The van der Waals surface area contributed by atoms with Crippen molar-refractivity contribution in [3.05, 3.63) is 65.5 Å². The Balaban J connectivity index is 1.24. The highest BCUT2D eigenvalue weighted by Gasteiger charge is 2.43. The third kappa shape index (κ3) is 4.93. The number of rotatable bonds is 6. The van der Waals surface area contributed by atoms with Crippen LogP contribution in [0, 0.1) is 11.7 Å². The second kappa shape index (κ2) is 8.62. The number of hydrogen-bond acceptors (Lipinski definition) is 3. The van der Waals surface area contributed by atoms with E-state index in [4.69, 9.17) is 4.74 Å². The van der Waals surface area contributed by atoms with E-state index in [-0.39, 0.29) is 23.2 Å². The van der Waals surface area contributed by atoms with Crippen molar-refractivity contribution in [3.8, 4) is 5.75 Å². The van der Waals surface area contributed by atoms with Crippen molar-refractivity contribution in [1.29, 1.82) is 0 Å². The van der Waals surface area contributed by atoms with Gasteiger partial charge in [-0.25, -0.2) is 4.39 Å². The van der Waals surface area contributed by atoms with Gasteiger partial charge in [0.25, 0.3) is 0 Å². The Morgan fingerprint density at radius 3 is 2.58 bits per heavy atom. The van der Waals surface area contributed by atoms with Gasteiger partial charge in [-0.05, 0) is 67.3 Å². The molecule has 2 aromatic carbocycles. The average molecular weight is 423 g/mol. The molecule has 2 aromatic rings. The fraction of sp³-hybridized carbons (Fsp3) is 0.500. The quantitative estimate of drug-likeness (QED) is 0.737. The molecule has 1 aliphatic carbocycles. The number of amides is 1. The number of nitrogens with zero attached hydrogens (tertiary/aromatic N) is 1. The molecule has 1 N–H and O–H groups in total. The number of para-hydroxylation sites is 1. The maximum absolute atomic E-state index is 13.2. The summed E-state index contributed by atoms with van der Waals surface area (Å²) in [6.07, 6.45) is 5.82. The number of halogens is 1. The summed E-state index contributed by atoms with van der Waals surface area (Å²) in [6, 6.07) is 15.0. The number of likely N-dealkylation sites (tertiary alicyclic amines) is 1. The van der Waals surface area contributed by atoms with Gasteiger partial charge in [-0.15, -0.1) is 0 Å². The molecule has 31 heavy (non-hydrogen) atoms. The topological polar surface area (TPSA) is 41.6 Å². The fourth-order valence-corrected chi connectivity index (χ4v) is 5.08. The van der Waals surface area contributed by atoms with Gasteiger partial charge in [0.15, 0.2) is 0 Å². The van der Waals surface area contributed by atoms with Crippen molar-refractivity contribution in [2.24, 2.45) is 5.92 Å². The van der Waals surface area contributed by atoms with Gasteiger partial charge < -0.3 is 10.1 Å². The fourth-order valence-electron chi connectivity index (χ4n) is 5.08. The summed E-state index contributed by atoms with van der Waals surface area (Å²) in [6.45, 7) is 3.55. The molecule has 5 rings (SSSR count). The maximum atomic E-state index is 13.2. The van der Waals surface area contributed by atoms with E-state index in [9.17, 15) is 9.18 Å². The van der Waals surface area contributed by atoms with Crippen LogP contribution in [0.25, 0.3) is 0 Å². The van der Waals surface area contributed by atoms with Gasteiger partial charge >= 0.3 is 0 Å². The van der Waals surface area contributed by atoms with Crippen LogP contribution in [-0.2, 0) is 11.3 Å². The molecule has 1 spiro atoms. The van der Waals surface area contributed by atoms with Crippen LogP contribution in [-0.4, -0.2) is 36.0 Å². The zero-order chi connectivity index (χ0) is 21.3. The predicted molar refractivity (Wildman–Crippen MR) is 118 cm³/mol. The maximum Gasteiger partial charge on any atom is 0.220 e. The first-order chi connectivity index (χ1) is 15.1. The number of carbonyl (C=O) groups excluding carboxylic acids is 1. The van der Waals surface area contributed by atoms with Crippen molar-refractivity contribution >= 4 is 5.91 Å². The number of ether oxygens (including phenoxy) is 1. The summed E-state index contributed by atoms with van der Waals surface area (Å²) in [5.41, 5.74) is 2.11. The lowest BCUT2D eigenvalue weighted by molar-refractivity contribution is -0.122. The van der Waals surface area contributed by atoms with Gasteiger partial charge in [0.05, 0.1) is 0 Å². The van der Waals surface area contributed by atoms with E-state index in [1.807, 2.05) is 24.3 Å². The molecule has 164 valence electrons. The standard InChI is InChI=1S/C26H31FN2O2/c27-22-9-7-20(8-10-22)18-29-13-11-26(12-14-29)16-21(15-25(30)28-17-19-5-6-19)23-3-1-2-4-24(23)31-26/h1-4,7-10,19,21H,5-6,11-18H2,(H,28,30)/t21-/m0/s1. The Bertz CT molecular complexity index is 917. The molecule has 2 fully saturated rings. The van der Waals surface area contributed by atoms with Crippen LogP contribution in [0.2, 0.25) is 0 Å². The van der Waals surface area contributed by atoms with Crippen LogP contribution in [0.4, 0.5) is 4.39 Å². The summed E-state index contributed by atoms with van der Waals surface area (Å²) in [7, 11) is 0. The minimum atomic E-state index is -0.199. The minimum Gasteiger partial charge on any atom is -0.487 e. The van der Waals surface area contributed by atoms with E-state index in [0.717, 1.165) is 56.8 Å². The van der Waals surface area contributed by atoms with E-state index in [2.05, 4.69) is 22.3 Å². The molecule has 2 heterocycles. The number of fused-ring (bicyclic) bond motifs is 1. The molecule has 5 heteroatoms. The number of carbonyl (C=O) groups is 1. The first-order valence-electron chi connectivity index (χ1n) is 11.6. The van der Waals surface area contributed by atoms with Crippen LogP contribution in [0.1, 0.15) is 55.6 Å². The lowest BCUT2D eigenvalue weighted by Crippen LogP contribution is -2.50. The Hall–Kier alpha value is -2.40. The summed E-state index contributed by atoms with van der Waals surface area (Å²) in [5.74, 6) is 1.82. The highest BCUT2D eigenvalue weighted by Crippen LogP contribution is 2.46. The lowest BCUT2D eigenvalue weighted by atomic mass is 9.76. The molecular weight excluding hydrogens is 391 g/mol. The molecule has 0 radical (unpaired) electrons. The highest BCUT2D eigenvalue weighted by atomic mass is 19.1. The van der Waals surface area contributed by atoms with Gasteiger partial charge in [0, 0.05) is 38.5 Å². The monoisotopic (exact) mass is 422 g/mol. The predicted octanol–water partition coefficient (Wildman–Crippen LogP) is 4.64. The number of piperidine rings is 1. The molecule has 1 atom stereocenters. The van der Waals surface area contributed by atoms with Crippen molar-refractivity contribution < 1.29 is 13.9 Å². The molecule has 1 saturated heterocycles. The van der Waals surface area contributed by atoms with Crippen LogP contribution in [0.15, 0.2) is 48.5 Å². The Morgan fingerprint density at radius 1 is 1.10 bits per heavy atom. The summed E-state index contributed by atoms with van der Waals surface area (Å²) < 4.78 is 19.8. The van der Waals surface area contributed by atoms with Crippen molar-refractivity contribution in [1.82, 2.24) is 10.2 Å². The minimum absolute atomic E-state index is 0.164. The van der Waals surface area contributed by atoms with Crippen molar-refractivity contribution in [3.63, 3.8) is 0 Å². The van der Waals surface area contributed by atoms with Crippen LogP contribution >= 0.6 is 0 Å². The molecule has 2 aliphatic heterocycles. The number of nitrogens with one attached hydrogen (secondary N) is 1. The average Bonchev–Trinajstić information content (AvgIpc) is 3.60. The van der Waals surface area contributed by atoms with Gasteiger partial charge in [0.2, 0.25) is 5.91 Å². The normalized spacial score (nSPS) is 22.5. The second-order valence-corrected chi connectivity index (χ2v) is 9.58. The van der Waals surface area contributed by atoms with Crippen LogP contribution in [0.5, 0.6) is 5.75 Å². The zero-order valence-corrected chi connectivity index (χ0v) is 18.0. The van der Waals surface area contributed by atoms with E-state index in [1.54, 1.807) is 0 Å². The molecule has 3 aliphatic rings. The number of benzene rings is 2. The highest BCUT2D eigenvalue weighted by molar-refractivity contribution is 5.77. The Morgan fingerprint density at radius 2 is 1.84 bits per heavy atom. The van der Waals surface area contributed by atoms with E-state index < -0.39 is 0 Å². The molecule has 0 unspecified atom stereocenters. The molecule has 1 amide bonds. The molecule has 4 nitrogen and oxygen atoms in total. The molecule has 0 aromatic heterocycles. The SMILES string of the molecule is O=C(C[C@H]1CC2(CCN(Cc3ccc(F)cc3)CC2)Oc2ccccc21)NCC1CC1. The second-order valence-electron chi connectivity index (χ2n) is 9.58. The third-order valence-corrected chi connectivity index (χ3v) is 7.11. The van der Waals surface area contributed by atoms with Gasteiger partial charge in [0.1, 0.15) is 17.2 Å². The van der Waals surface area contributed by atoms with Crippen LogP contribution in [0.3, 0.4) is 0 Å². The van der Waals surface area contributed by atoms with E-state index in [0.29, 0.717) is 12.3 Å². The summed E-state index contributed by atoms with van der Waals surface area (Å²) in [4.78, 5) is 15.0. The summed E-state index contributed by atoms with van der Waals surface area (Å²) in [5, 5.41) is 3.14. The van der Waals surface area contributed by atoms with Crippen LogP contribution < -0.4 is 10.1 Å². The molecule has 0 bridgehead atoms. The van der Waals surface area contributed by atoms with Gasteiger partial charge in [-0.3, -0.25) is 9.69 Å². The van der Waals surface area contributed by atoms with Crippen molar-refractivity contribution in [2.75, 3.05) is 19.6 Å². The zero-order valence-electron chi connectivity index (χ0n) is 18.0. The number of hydrogen-bond donors (Lipinski definition) is 1. The Kier molecular flexibility index (Phi) is 5.70. The largest absolute Gasteiger partial charge is 0.487 e. The van der Waals surface area contributed by atoms with Crippen molar-refractivity contribution in [2.45, 2.75) is 56.6 Å². The first kappa shape index (κ1) is 20.5. The molecular formula is C26H31FN2O2. The molecule has 1 saturated carbocycles. The van der Waals surface area contributed by atoms with E-state index >= 15 is 0 Å². The van der Waals surface area contributed by atoms with E-state index in [1.165, 1.54) is 30.5 Å². The lowest BCUT2D eigenvalue weighted by Gasteiger charge is -2.47. The smallest absolute Gasteiger partial charge is 0.220 e. The Labute approximate surface area is 183 Å².